The van der Waals surface area contributed by atoms with Crippen LogP contribution >= 0.6 is 0 Å². The molecule has 2 aromatic rings. The van der Waals surface area contributed by atoms with Crippen molar-refractivity contribution < 1.29 is 9.15 Å². The van der Waals surface area contributed by atoms with Gasteiger partial charge in [-0.3, -0.25) is 0 Å². The SMILES string of the molecule is CCOc1cnc(-c2ccc(CC(C)C)cc2)o1. The van der Waals surface area contributed by atoms with E-state index >= 15 is 0 Å². The van der Waals surface area contributed by atoms with E-state index in [4.69, 9.17) is 9.15 Å². The number of benzene rings is 1. The molecule has 0 N–H and O–H groups in total. The van der Waals surface area contributed by atoms with Gasteiger partial charge in [0.05, 0.1) is 6.61 Å². The molecule has 1 aromatic heterocycles. The Hall–Kier alpha value is -1.77. The number of aromatic nitrogens is 1. The fourth-order valence-corrected chi connectivity index (χ4v) is 1.86. The van der Waals surface area contributed by atoms with Crippen LogP contribution in [0.2, 0.25) is 0 Å². The summed E-state index contributed by atoms with van der Waals surface area (Å²) >= 11 is 0. The second-order valence-electron chi connectivity index (χ2n) is 4.71. The lowest BCUT2D eigenvalue weighted by molar-refractivity contribution is 0.260. The lowest BCUT2D eigenvalue weighted by atomic mass is 10.0. The minimum atomic E-state index is 0.471. The van der Waals surface area contributed by atoms with E-state index < -0.39 is 0 Å². The molecule has 3 heteroatoms. The lowest BCUT2D eigenvalue weighted by Crippen LogP contribution is -1.93. The van der Waals surface area contributed by atoms with Crippen LogP contribution < -0.4 is 4.74 Å². The zero-order valence-corrected chi connectivity index (χ0v) is 11.1. The van der Waals surface area contributed by atoms with Crippen LogP contribution in [0.5, 0.6) is 5.95 Å². The second kappa shape index (κ2) is 5.71. The highest BCUT2D eigenvalue weighted by molar-refractivity contribution is 5.53. The third kappa shape index (κ3) is 3.13. The third-order valence-corrected chi connectivity index (χ3v) is 2.62. The van der Waals surface area contributed by atoms with Crippen LogP contribution in [0.3, 0.4) is 0 Å². The fourth-order valence-electron chi connectivity index (χ4n) is 1.86. The lowest BCUT2D eigenvalue weighted by Gasteiger charge is -2.04. The van der Waals surface area contributed by atoms with Gasteiger partial charge in [-0.2, -0.15) is 0 Å². The van der Waals surface area contributed by atoms with Gasteiger partial charge in [0.2, 0.25) is 5.89 Å². The molecule has 0 amide bonds. The normalized spacial score (nSPS) is 10.9. The maximum Gasteiger partial charge on any atom is 0.305 e. The standard InChI is InChI=1S/C15H19NO2/c1-4-17-14-10-16-15(18-14)13-7-5-12(6-8-13)9-11(2)3/h5-8,10-11H,4,9H2,1-3H3. The predicted molar refractivity (Wildman–Crippen MR) is 71.7 cm³/mol. The molecule has 18 heavy (non-hydrogen) atoms. The highest BCUT2D eigenvalue weighted by Crippen LogP contribution is 2.23. The van der Waals surface area contributed by atoms with Crippen LogP contribution in [-0.2, 0) is 6.42 Å². The Morgan fingerprint density at radius 2 is 1.94 bits per heavy atom. The monoisotopic (exact) mass is 245 g/mol. The van der Waals surface area contributed by atoms with E-state index in [1.165, 1.54) is 5.56 Å². The van der Waals surface area contributed by atoms with Crippen LogP contribution in [0, 0.1) is 5.92 Å². The van der Waals surface area contributed by atoms with Crippen molar-refractivity contribution in [3.8, 4) is 17.4 Å². The molecule has 0 atom stereocenters. The number of oxazole rings is 1. The number of nitrogens with zero attached hydrogens (tertiary/aromatic N) is 1. The van der Waals surface area contributed by atoms with Crippen molar-refractivity contribution in [3.63, 3.8) is 0 Å². The molecule has 0 aliphatic heterocycles. The molecule has 0 radical (unpaired) electrons. The molecule has 96 valence electrons. The minimum absolute atomic E-state index is 0.471. The van der Waals surface area contributed by atoms with Gasteiger partial charge in [-0.1, -0.05) is 26.0 Å². The Morgan fingerprint density at radius 3 is 2.56 bits per heavy atom. The van der Waals surface area contributed by atoms with Crippen LogP contribution in [0.1, 0.15) is 26.3 Å². The van der Waals surface area contributed by atoms with E-state index in [2.05, 4.69) is 31.0 Å². The largest absolute Gasteiger partial charge is 0.464 e. The Bertz CT molecular complexity index is 485. The molecule has 0 bridgehead atoms. The molecule has 0 fully saturated rings. The highest BCUT2D eigenvalue weighted by Gasteiger charge is 2.07. The van der Waals surface area contributed by atoms with E-state index in [1.54, 1.807) is 6.20 Å². The zero-order valence-electron chi connectivity index (χ0n) is 11.1. The average Bonchev–Trinajstić information content (AvgIpc) is 2.78. The van der Waals surface area contributed by atoms with Gasteiger partial charge in [0.1, 0.15) is 6.20 Å². The summed E-state index contributed by atoms with van der Waals surface area (Å²) in [7, 11) is 0. The van der Waals surface area contributed by atoms with Crippen molar-refractivity contribution in [2.75, 3.05) is 6.61 Å². The van der Waals surface area contributed by atoms with Crippen molar-refractivity contribution in [1.82, 2.24) is 4.98 Å². The Morgan fingerprint density at radius 1 is 1.22 bits per heavy atom. The van der Waals surface area contributed by atoms with Crippen molar-refractivity contribution in [2.45, 2.75) is 27.2 Å². The molecule has 0 spiro atoms. The molecular weight excluding hydrogens is 226 g/mol. The number of hydrogen-bond acceptors (Lipinski definition) is 3. The van der Waals surface area contributed by atoms with Crippen LogP contribution in [0.4, 0.5) is 0 Å². The quantitative estimate of drug-likeness (QED) is 0.800. The zero-order chi connectivity index (χ0) is 13.0. The molecule has 0 saturated carbocycles. The summed E-state index contributed by atoms with van der Waals surface area (Å²) in [6, 6.07) is 8.33. The van der Waals surface area contributed by atoms with Gasteiger partial charge in [0, 0.05) is 5.56 Å². The second-order valence-corrected chi connectivity index (χ2v) is 4.71. The predicted octanol–water partition coefficient (Wildman–Crippen LogP) is 3.94. The average molecular weight is 245 g/mol. The van der Waals surface area contributed by atoms with Crippen molar-refractivity contribution in [2.24, 2.45) is 5.92 Å². The smallest absolute Gasteiger partial charge is 0.305 e. The van der Waals surface area contributed by atoms with Gasteiger partial charge in [-0.15, -0.1) is 0 Å². The summed E-state index contributed by atoms with van der Waals surface area (Å²) in [5.74, 6) is 1.75. The van der Waals surface area contributed by atoms with Gasteiger partial charge in [-0.05, 0) is 37.0 Å². The van der Waals surface area contributed by atoms with E-state index in [9.17, 15) is 0 Å². The maximum absolute atomic E-state index is 5.50. The molecule has 3 nitrogen and oxygen atoms in total. The van der Waals surface area contributed by atoms with Gasteiger partial charge in [-0.25, -0.2) is 4.98 Å². The van der Waals surface area contributed by atoms with Gasteiger partial charge in [0.25, 0.3) is 0 Å². The molecular formula is C15H19NO2. The third-order valence-electron chi connectivity index (χ3n) is 2.62. The number of hydrogen-bond donors (Lipinski definition) is 0. The summed E-state index contributed by atoms with van der Waals surface area (Å²) < 4.78 is 10.8. The summed E-state index contributed by atoms with van der Waals surface area (Å²) in [5.41, 5.74) is 2.32. The molecule has 1 aromatic carbocycles. The molecule has 0 aliphatic rings. The molecule has 1 heterocycles. The summed E-state index contributed by atoms with van der Waals surface area (Å²) in [4.78, 5) is 4.20. The summed E-state index contributed by atoms with van der Waals surface area (Å²) in [5, 5.41) is 0. The molecule has 0 unspecified atom stereocenters. The maximum atomic E-state index is 5.50. The molecule has 0 saturated heterocycles. The van der Waals surface area contributed by atoms with E-state index in [0.717, 1.165) is 12.0 Å². The first kappa shape index (κ1) is 12.7. The first-order valence-corrected chi connectivity index (χ1v) is 6.37. The highest BCUT2D eigenvalue weighted by atomic mass is 16.6. The fraction of sp³-hybridized carbons (Fsp3) is 0.400. The Kier molecular flexibility index (Phi) is 4.03. The number of ether oxygens (including phenoxy) is 1. The summed E-state index contributed by atoms with van der Waals surface area (Å²) in [6.07, 6.45) is 2.71. The Balaban J connectivity index is 2.12. The van der Waals surface area contributed by atoms with E-state index in [1.807, 2.05) is 19.1 Å². The minimum Gasteiger partial charge on any atom is -0.464 e. The van der Waals surface area contributed by atoms with Crippen molar-refractivity contribution in [1.29, 1.82) is 0 Å². The van der Waals surface area contributed by atoms with Gasteiger partial charge < -0.3 is 9.15 Å². The van der Waals surface area contributed by atoms with Crippen molar-refractivity contribution >= 4 is 0 Å². The first-order chi connectivity index (χ1) is 8.69. The van der Waals surface area contributed by atoms with Crippen molar-refractivity contribution in [3.05, 3.63) is 36.0 Å². The van der Waals surface area contributed by atoms with E-state index in [0.29, 0.717) is 24.4 Å². The van der Waals surface area contributed by atoms with Gasteiger partial charge in [0.15, 0.2) is 0 Å². The molecule has 2 rings (SSSR count). The topological polar surface area (TPSA) is 35.3 Å². The van der Waals surface area contributed by atoms with E-state index in [-0.39, 0.29) is 0 Å². The molecule has 0 aliphatic carbocycles. The van der Waals surface area contributed by atoms with Crippen LogP contribution in [-0.4, -0.2) is 11.6 Å². The summed E-state index contributed by atoms with van der Waals surface area (Å²) in [6.45, 7) is 6.94. The first-order valence-electron chi connectivity index (χ1n) is 6.37. The van der Waals surface area contributed by atoms with Crippen LogP contribution in [0.25, 0.3) is 11.5 Å². The Labute approximate surface area is 108 Å². The van der Waals surface area contributed by atoms with Gasteiger partial charge >= 0.3 is 5.95 Å². The number of rotatable bonds is 5. The van der Waals surface area contributed by atoms with Crippen LogP contribution in [0.15, 0.2) is 34.9 Å².